The van der Waals surface area contributed by atoms with E-state index in [0.29, 0.717) is 24.1 Å². The van der Waals surface area contributed by atoms with Gasteiger partial charge in [0.05, 0.1) is 34.4 Å². The molecule has 0 aliphatic carbocycles. The minimum atomic E-state index is -4.29. The van der Waals surface area contributed by atoms with Crippen molar-refractivity contribution in [3.63, 3.8) is 0 Å². The summed E-state index contributed by atoms with van der Waals surface area (Å²) < 4.78 is 35.0. The van der Waals surface area contributed by atoms with Crippen LogP contribution in [0.4, 0.5) is 0 Å². The highest BCUT2D eigenvalue weighted by atomic mass is 31.2. The molecule has 9 heteroatoms. The van der Waals surface area contributed by atoms with E-state index in [1.54, 1.807) is 0 Å². The molecule has 0 aromatic rings. The number of rotatable bonds is 43. The molecule has 1 N–H and O–H groups in total. The van der Waals surface area contributed by atoms with Crippen LogP contribution in [0.15, 0.2) is 60.8 Å². The van der Waals surface area contributed by atoms with Gasteiger partial charge < -0.3 is 18.9 Å². The van der Waals surface area contributed by atoms with Crippen LogP contribution in [-0.4, -0.2) is 75.6 Å². The predicted molar refractivity (Wildman–Crippen MR) is 247 cm³/mol. The largest absolute Gasteiger partial charge is 0.472 e. The van der Waals surface area contributed by atoms with Gasteiger partial charge in [0.25, 0.3) is 0 Å². The summed E-state index contributed by atoms with van der Waals surface area (Å²) in [5, 5.41) is 0. The Labute approximate surface area is 358 Å². The number of carbonyl (C=O) groups is 1. The summed E-state index contributed by atoms with van der Waals surface area (Å²) in [6.07, 6.45) is 52.5. The van der Waals surface area contributed by atoms with E-state index < -0.39 is 13.9 Å². The first-order chi connectivity index (χ1) is 28.1. The predicted octanol–water partition coefficient (Wildman–Crippen LogP) is 14.1. The first-order valence-electron chi connectivity index (χ1n) is 23.5. The summed E-state index contributed by atoms with van der Waals surface area (Å²) in [5.41, 5.74) is 0. The third-order valence-electron chi connectivity index (χ3n) is 9.80. The number of phosphoric acid groups is 1. The molecule has 0 spiro atoms. The topological polar surface area (TPSA) is 91.3 Å². The molecule has 58 heavy (non-hydrogen) atoms. The molecule has 0 aromatic heterocycles. The Morgan fingerprint density at radius 3 is 1.45 bits per heavy atom. The lowest BCUT2D eigenvalue weighted by Gasteiger charge is -2.24. The van der Waals surface area contributed by atoms with E-state index in [9.17, 15) is 14.3 Å². The summed E-state index contributed by atoms with van der Waals surface area (Å²) in [4.78, 5) is 22.9. The molecule has 2 atom stereocenters. The zero-order chi connectivity index (χ0) is 42.7. The summed E-state index contributed by atoms with van der Waals surface area (Å²) in [5.74, 6) is -0.331. The Bertz CT molecular complexity index is 1110. The van der Waals surface area contributed by atoms with Crippen LogP contribution in [0.2, 0.25) is 0 Å². The third-order valence-corrected chi connectivity index (χ3v) is 10.8. The summed E-state index contributed by atoms with van der Waals surface area (Å²) in [6.45, 7) is 5.53. The van der Waals surface area contributed by atoms with Crippen LogP contribution in [0.3, 0.4) is 0 Å². The van der Waals surface area contributed by atoms with Gasteiger partial charge in [0, 0.05) is 13.0 Å². The number of nitrogens with zero attached hydrogens (tertiary/aromatic N) is 1. The van der Waals surface area contributed by atoms with Crippen LogP contribution in [0.25, 0.3) is 0 Å². The van der Waals surface area contributed by atoms with E-state index in [1.165, 1.54) is 96.3 Å². The van der Waals surface area contributed by atoms with E-state index in [2.05, 4.69) is 74.6 Å². The van der Waals surface area contributed by atoms with Crippen LogP contribution in [0.5, 0.6) is 0 Å². The molecule has 0 bridgehead atoms. The van der Waals surface area contributed by atoms with Gasteiger partial charge in [-0.05, 0) is 83.5 Å². The van der Waals surface area contributed by atoms with Crippen molar-refractivity contribution in [3.05, 3.63) is 60.8 Å². The average molecular weight is 837 g/mol. The SMILES string of the molecule is CCCCC/C=C\C/C=C\C/C=C\CCCCCCCCC(=O)OC(COCCCCCCCC/C=C\C/C=C\CCCCCC)COP(=O)(O)OCC[N+](C)(C)C. The minimum Gasteiger partial charge on any atom is -0.457 e. The maximum Gasteiger partial charge on any atom is 0.472 e. The Kier molecular flexibility index (Phi) is 40.6. The fourth-order valence-corrected chi connectivity index (χ4v) is 6.86. The van der Waals surface area contributed by atoms with Gasteiger partial charge in [0.15, 0.2) is 0 Å². The Morgan fingerprint density at radius 2 is 0.948 bits per heavy atom. The zero-order valence-electron chi connectivity index (χ0n) is 38.3. The molecule has 0 saturated carbocycles. The average Bonchev–Trinajstić information content (AvgIpc) is 3.18. The Balaban J connectivity index is 4.26. The first-order valence-corrected chi connectivity index (χ1v) is 25.0. The zero-order valence-corrected chi connectivity index (χ0v) is 39.2. The quantitative estimate of drug-likeness (QED) is 0.0215. The second kappa shape index (κ2) is 41.9. The Hall–Kier alpha value is -1.80. The lowest BCUT2D eigenvalue weighted by molar-refractivity contribution is -0.870. The second-order valence-electron chi connectivity index (χ2n) is 16.8. The van der Waals surface area contributed by atoms with E-state index in [4.69, 9.17) is 18.5 Å². The van der Waals surface area contributed by atoms with Crippen molar-refractivity contribution in [2.75, 3.05) is 54.1 Å². The number of carbonyl (C=O) groups excluding carboxylic acids is 1. The molecule has 0 aromatic carbocycles. The normalized spacial score (nSPS) is 14.2. The number of unbranched alkanes of at least 4 members (excludes halogenated alkanes) is 19. The molecule has 8 nitrogen and oxygen atoms in total. The smallest absolute Gasteiger partial charge is 0.457 e. The molecule has 2 unspecified atom stereocenters. The molecule has 0 heterocycles. The van der Waals surface area contributed by atoms with Crippen molar-refractivity contribution < 1.29 is 37.3 Å². The maximum absolute atomic E-state index is 12.7. The number of likely N-dealkylation sites (N-methyl/N-ethyl adjacent to an activating group) is 1. The monoisotopic (exact) mass is 837 g/mol. The van der Waals surface area contributed by atoms with Crippen LogP contribution >= 0.6 is 7.82 Å². The van der Waals surface area contributed by atoms with E-state index in [0.717, 1.165) is 70.6 Å². The van der Waals surface area contributed by atoms with Crippen molar-refractivity contribution in [1.29, 1.82) is 0 Å². The van der Waals surface area contributed by atoms with Gasteiger partial charge >= 0.3 is 13.8 Å². The standard InChI is InChI=1S/C49H90NO7P/c1-6-8-10-12-14-16-18-20-22-24-25-26-28-30-32-34-36-38-40-42-49(51)57-48(47-56-58(52,53)55-45-43-50(3,4)5)46-54-44-41-39-37-35-33-31-29-27-23-21-19-17-15-13-11-9-7-2/h14,16-17,19-20,22-23,25-27,48H,6-13,15,18,21,24,28-47H2,1-5H3/p+1/b16-14-,19-17-,22-20-,26-25-,27-23-. The van der Waals surface area contributed by atoms with Gasteiger partial charge in [-0.25, -0.2) is 4.57 Å². The third kappa shape index (κ3) is 45.3. The number of phosphoric ester groups is 1. The highest BCUT2D eigenvalue weighted by molar-refractivity contribution is 7.47. The van der Waals surface area contributed by atoms with Gasteiger partial charge in [-0.15, -0.1) is 0 Å². The number of allylic oxidation sites excluding steroid dienone is 10. The van der Waals surface area contributed by atoms with Gasteiger partial charge in [-0.3, -0.25) is 13.8 Å². The minimum absolute atomic E-state index is 0.0811. The number of hydrogen-bond donors (Lipinski definition) is 1. The number of ether oxygens (including phenoxy) is 2. The molecule has 0 aliphatic heterocycles. The molecule has 0 aliphatic rings. The van der Waals surface area contributed by atoms with E-state index in [-0.39, 0.29) is 25.8 Å². The first kappa shape index (κ1) is 56.2. The molecule has 0 radical (unpaired) electrons. The maximum atomic E-state index is 12.7. The summed E-state index contributed by atoms with van der Waals surface area (Å²) in [6, 6.07) is 0. The summed E-state index contributed by atoms with van der Waals surface area (Å²) >= 11 is 0. The van der Waals surface area contributed by atoms with Crippen molar-refractivity contribution >= 4 is 13.8 Å². The fourth-order valence-electron chi connectivity index (χ4n) is 6.12. The van der Waals surface area contributed by atoms with Gasteiger partial charge in [-0.2, -0.15) is 0 Å². The number of hydrogen-bond acceptors (Lipinski definition) is 6. The lowest BCUT2D eigenvalue weighted by Crippen LogP contribution is -2.37. The Morgan fingerprint density at radius 1 is 0.534 bits per heavy atom. The van der Waals surface area contributed by atoms with Gasteiger partial charge in [-0.1, -0.05) is 158 Å². The molecule has 0 rings (SSSR count). The van der Waals surface area contributed by atoms with Gasteiger partial charge in [0.1, 0.15) is 19.3 Å². The molecule has 0 saturated heterocycles. The highest BCUT2D eigenvalue weighted by Crippen LogP contribution is 2.43. The molecular weight excluding hydrogens is 746 g/mol. The van der Waals surface area contributed by atoms with Crippen molar-refractivity contribution in [2.24, 2.45) is 0 Å². The number of esters is 1. The van der Waals surface area contributed by atoms with E-state index >= 15 is 0 Å². The van der Waals surface area contributed by atoms with Crippen molar-refractivity contribution in [3.8, 4) is 0 Å². The van der Waals surface area contributed by atoms with Crippen molar-refractivity contribution in [2.45, 2.75) is 193 Å². The lowest BCUT2D eigenvalue weighted by atomic mass is 10.1. The second-order valence-corrected chi connectivity index (χ2v) is 18.2. The number of quaternary nitrogens is 1. The molecule has 338 valence electrons. The molecule has 0 fully saturated rings. The van der Waals surface area contributed by atoms with Crippen LogP contribution in [-0.2, 0) is 27.9 Å². The van der Waals surface area contributed by atoms with Crippen LogP contribution in [0, 0.1) is 0 Å². The van der Waals surface area contributed by atoms with Crippen molar-refractivity contribution in [1.82, 2.24) is 0 Å². The van der Waals surface area contributed by atoms with Crippen LogP contribution < -0.4 is 0 Å². The van der Waals surface area contributed by atoms with E-state index in [1.807, 2.05) is 21.1 Å². The molecule has 0 amide bonds. The van der Waals surface area contributed by atoms with Crippen LogP contribution in [0.1, 0.15) is 187 Å². The fraction of sp³-hybridized carbons (Fsp3) is 0.776. The van der Waals surface area contributed by atoms with Gasteiger partial charge in [0.2, 0.25) is 0 Å². The molecular formula is C49H91NO7P+. The summed E-state index contributed by atoms with van der Waals surface area (Å²) in [7, 11) is 1.64. The highest BCUT2D eigenvalue weighted by Gasteiger charge is 2.26.